The molecule has 0 amide bonds. The molecule has 2 heteroatoms. The van der Waals surface area contributed by atoms with Crippen molar-refractivity contribution in [3.8, 4) is 0 Å². The molecule has 0 heterocycles. The van der Waals surface area contributed by atoms with Gasteiger partial charge in [0, 0.05) is 5.33 Å². The van der Waals surface area contributed by atoms with Crippen molar-refractivity contribution < 1.29 is 0 Å². The molecule has 0 aliphatic carbocycles. The molecular formula is C6H14BrN. The van der Waals surface area contributed by atoms with Gasteiger partial charge in [-0.15, -0.1) is 0 Å². The molecule has 0 aromatic rings. The highest BCUT2D eigenvalue weighted by molar-refractivity contribution is 9.09. The number of nitrogens with zero attached hydrogens (tertiary/aromatic N) is 1. The molecule has 0 atom stereocenters. The van der Waals surface area contributed by atoms with Crippen LogP contribution in [0.3, 0.4) is 0 Å². The number of halogens is 1. The molecule has 0 fully saturated rings. The molecule has 0 rings (SSSR count). The van der Waals surface area contributed by atoms with Crippen LogP contribution in [0.5, 0.6) is 0 Å². The first-order valence-electron chi connectivity index (χ1n) is 3.05. The predicted octanol–water partition coefficient (Wildman–Crippen LogP) is 1.72. The van der Waals surface area contributed by atoms with Gasteiger partial charge in [-0.1, -0.05) is 22.9 Å². The Balaban J connectivity index is 2.86. The summed E-state index contributed by atoms with van der Waals surface area (Å²) in [5.41, 5.74) is 0. The van der Waals surface area contributed by atoms with Gasteiger partial charge in [0.25, 0.3) is 0 Å². The van der Waals surface area contributed by atoms with Gasteiger partial charge < -0.3 is 4.90 Å². The summed E-state index contributed by atoms with van der Waals surface area (Å²) in [5, 5.41) is 1.12. The summed E-state index contributed by atoms with van der Waals surface area (Å²) in [6, 6.07) is 0. The van der Waals surface area contributed by atoms with Crippen LogP contribution < -0.4 is 0 Å². The zero-order valence-corrected chi connectivity index (χ0v) is 7.24. The Bertz CT molecular complexity index is 47.8. The number of hydrogen-bond acceptors (Lipinski definition) is 1. The zero-order valence-electron chi connectivity index (χ0n) is 5.65. The minimum absolute atomic E-state index is 1.12. The molecule has 8 heavy (non-hydrogen) atoms. The second kappa shape index (κ2) is 5.57. The summed E-state index contributed by atoms with van der Waals surface area (Å²) in [6.07, 6.45) is 1.25. The highest BCUT2D eigenvalue weighted by Gasteiger charge is 1.89. The van der Waals surface area contributed by atoms with E-state index in [0.29, 0.717) is 0 Å². The van der Waals surface area contributed by atoms with Gasteiger partial charge >= 0.3 is 0 Å². The van der Waals surface area contributed by atoms with Gasteiger partial charge in [0.1, 0.15) is 0 Å². The summed E-state index contributed by atoms with van der Waals surface area (Å²) >= 11 is 3.38. The lowest BCUT2D eigenvalue weighted by molar-refractivity contribution is 0.355. The van der Waals surface area contributed by atoms with Crippen LogP contribution in [-0.4, -0.2) is 30.4 Å². The van der Waals surface area contributed by atoms with Crippen LogP contribution in [0.2, 0.25) is 0 Å². The largest absolute Gasteiger partial charge is 0.307 e. The van der Waals surface area contributed by atoms with E-state index in [4.69, 9.17) is 0 Å². The van der Waals surface area contributed by atoms with Gasteiger partial charge in [-0.3, -0.25) is 0 Å². The zero-order chi connectivity index (χ0) is 6.41. The van der Waals surface area contributed by atoms with Crippen LogP contribution in [0.15, 0.2) is 0 Å². The molecule has 50 valence electrons. The second-order valence-corrected chi connectivity index (χ2v) is 2.73. The van der Waals surface area contributed by atoms with Crippen LogP contribution in [-0.2, 0) is 0 Å². The van der Waals surface area contributed by atoms with Crippen molar-refractivity contribution in [1.82, 2.24) is 4.90 Å². The van der Waals surface area contributed by atoms with E-state index in [2.05, 4.69) is 34.8 Å². The Hall–Kier alpha value is 0.440. The standard InChI is InChI=1S/C6H14BrN/c1-3-8(2)6-4-5-7/h3-6H2,1-2H3. The average molecular weight is 180 g/mol. The van der Waals surface area contributed by atoms with Crippen LogP contribution >= 0.6 is 15.9 Å². The predicted molar refractivity (Wildman–Crippen MR) is 41.6 cm³/mol. The van der Waals surface area contributed by atoms with E-state index in [1.54, 1.807) is 0 Å². The van der Waals surface area contributed by atoms with Crippen molar-refractivity contribution in [1.29, 1.82) is 0 Å². The summed E-state index contributed by atoms with van der Waals surface area (Å²) in [5.74, 6) is 0. The van der Waals surface area contributed by atoms with Gasteiger partial charge in [0.05, 0.1) is 0 Å². The first-order chi connectivity index (χ1) is 3.81. The average Bonchev–Trinajstić information content (AvgIpc) is 1.83. The molecule has 0 aromatic carbocycles. The van der Waals surface area contributed by atoms with Gasteiger partial charge in [-0.2, -0.15) is 0 Å². The van der Waals surface area contributed by atoms with Crippen molar-refractivity contribution in [3.05, 3.63) is 0 Å². The van der Waals surface area contributed by atoms with E-state index in [1.165, 1.54) is 13.0 Å². The molecule has 0 radical (unpaired) electrons. The van der Waals surface area contributed by atoms with Gasteiger partial charge in [0.2, 0.25) is 0 Å². The Labute approximate surface area is 60.2 Å². The third kappa shape index (κ3) is 4.60. The van der Waals surface area contributed by atoms with Gasteiger partial charge in [-0.05, 0) is 26.6 Å². The van der Waals surface area contributed by atoms with Crippen molar-refractivity contribution in [2.45, 2.75) is 13.3 Å². The Kier molecular flexibility index (Phi) is 5.88. The number of rotatable bonds is 4. The van der Waals surface area contributed by atoms with Crippen LogP contribution in [0.1, 0.15) is 13.3 Å². The van der Waals surface area contributed by atoms with Gasteiger partial charge in [0.15, 0.2) is 0 Å². The number of hydrogen-bond donors (Lipinski definition) is 0. The molecule has 0 aromatic heterocycles. The molecule has 0 bridgehead atoms. The smallest absolute Gasteiger partial charge is 0.00434 e. The Morgan fingerprint density at radius 2 is 2.12 bits per heavy atom. The lowest BCUT2D eigenvalue weighted by atomic mass is 10.4. The van der Waals surface area contributed by atoms with E-state index in [-0.39, 0.29) is 0 Å². The molecule has 0 aliphatic heterocycles. The van der Waals surface area contributed by atoms with E-state index < -0.39 is 0 Å². The van der Waals surface area contributed by atoms with E-state index >= 15 is 0 Å². The maximum Gasteiger partial charge on any atom is 0.00434 e. The van der Waals surface area contributed by atoms with Crippen LogP contribution in [0.4, 0.5) is 0 Å². The normalized spacial score (nSPS) is 10.5. The topological polar surface area (TPSA) is 3.24 Å². The Morgan fingerprint density at radius 3 is 2.50 bits per heavy atom. The third-order valence-electron chi connectivity index (χ3n) is 1.21. The third-order valence-corrected chi connectivity index (χ3v) is 1.77. The minimum Gasteiger partial charge on any atom is -0.307 e. The summed E-state index contributed by atoms with van der Waals surface area (Å²) < 4.78 is 0. The fourth-order valence-corrected chi connectivity index (χ4v) is 0.739. The number of alkyl halides is 1. The van der Waals surface area contributed by atoms with E-state index in [9.17, 15) is 0 Å². The maximum absolute atomic E-state index is 3.38. The first kappa shape index (κ1) is 8.44. The van der Waals surface area contributed by atoms with Gasteiger partial charge in [-0.25, -0.2) is 0 Å². The van der Waals surface area contributed by atoms with Crippen molar-refractivity contribution in [2.24, 2.45) is 0 Å². The highest BCUT2D eigenvalue weighted by Crippen LogP contribution is 1.89. The Morgan fingerprint density at radius 1 is 1.50 bits per heavy atom. The summed E-state index contributed by atoms with van der Waals surface area (Å²) in [4.78, 5) is 2.31. The molecule has 0 N–H and O–H groups in total. The molecule has 0 spiro atoms. The quantitative estimate of drug-likeness (QED) is 0.595. The minimum atomic E-state index is 1.12. The monoisotopic (exact) mass is 179 g/mol. The molecule has 0 unspecified atom stereocenters. The first-order valence-corrected chi connectivity index (χ1v) is 4.18. The van der Waals surface area contributed by atoms with E-state index in [1.807, 2.05) is 0 Å². The lowest BCUT2D eigenvalue weighted by Crippen LogP contribution is -2.18. The fraction of sp³-hybridized carbons (Fsp3) is 1.00. The van der Waals surface area contributed by atoms with Crippen molar-refractivity contribution in [3.63, 3.8) is 0 Å². The second-order valence-electron chi connectivity index (χ2n) is 1.94. The highest BCUT2D eigenvalue weighted by atomic mass is 79.9. The SMILES string of the molecule is CCN(C)CCCBr. The molecule has 0 saturated carbocycles. The van der Waals surface area contributed by atoms with Crippen LogP contribution in [0.25, 0.3) is 0 Å². The maximum atomic E-state index is 3.38. The summed E-state index contributed by atoms with van der Waals surface area (Å²) in [6.45, 7) is 4.54. The fourth-order valence-electron chi connectivity index (χ4n) is 0.488. The lowest BCUT2D eigenvalue weighted by Gasteiger charge is -2.11. The summed E-state index contributed by atoms with van der Waals surface area (Å²) in [7, 11) is 2.14. The van der Waals surface area contributed by atoms with E-state index in [0.717, 1.165) is 11.9 Å². The van der Waals surface area contributed by atoms with Crippen molar-refractivity contribution in [2.75, 3.05) is 25.5 Å². The van der Waals surface area contributed by atoms with Crippen molar-refractivity contribution >= 4 is 15.9 Å². The molecule has 0 aliphatic rings. The molecule has 0 saturated heterocycles. The van der Waals surface area contributed by atoms with Crippen LogP contribution in [0, 0.1) is 0 Å². The molecule has 1 nitrogen and oxygen atoms in total. The molecular weight excluding hydrogens is 166 g/mol.